The number of hydrogen-bond donors (Lipinski definition) is 1. The molecule has 0 saturated carbocycles. The number of para-hydroxylation sites is 1. The highest BCUT2D eigenvalue weighted by molar-refractivity contribution is 5.78. The van der Waals surface area contributed by atoms with E-state index >= 15 is 0 Å². The summed E-state index contributed by atoms with van der Waals surface area (Å²) in [5.74, 6) is 0.440. The highest BCUT2D eigenvalue weighted by atomic mass is 19.1. The number of benzene rings is 1. The Hall–Kier alpha value is -1.39. The molecule has 0 amide bonds. The second-order valence-electron chi connectivity index (χ2n) is 4.20. The highest BCUT2D eigenvalue weighted by Gasteiger charge is 2.16. The van der Waals surface area contributed by atoms with E-state index in [1.54, 1.807) is 13.2 Å². The SMILES string of the molecule is CCNC(CCOC)c1cc2cccc(F)c2o1. The maximum atomic E-state index is 13.6. The van der Waals surface area contributed by atoms with Crippen molar-refractivity contribution in [3.05, 3.63) is 35.8 Å². The molecule has 1 unspecified atom stereocenters. The molecule has 3 nitrogen and oxygen atoms in total. The Morgan fingerprint density at radius 1 is 1.44 bits per heavy atom. The molecule has 0 aliphatic rings. The van der Waals surface area contributed by atoms with Gasteiger partial charge in [-0.25, -0.2) is 4.39 Å². The van der Waals surface area contributed by atoms with Crippen LogP contribution in [-0.2, 0) is 4.74 Å². The van der Waals surface area contributed by atoms with Gasteiger partial charge in [-0.15, -0.1) is 0 Å². The number of furan rings is 1. The number of ether oxygens (including phenoxy) is 1. The van der Waals surface area contributed by atoms with Crippen molar-refractivity contribution in [1.82, 2.24) is 5.32 Å². The summed E-state index contributed by atoms with van der Waals surface area (Å²) in [4.78, 5) is 0. The zero-order valence-corrected chi connectivity index (χ0v) is 10.7. The zero-order chi connectivity index (χ0) is 13.0. The number of rotatable bonds is 6. The minimum Gasteiger partial charge on any atom is -0.456 e. The fourth-order valence-corrected chi connectivity index (χ4v) is 2.05. The first-order chi connectivity index (χ1) is 8.76. The first kappa shape index (κ1) is 13.1. The van der Waals surface area contributed by atoms with Gasteiger partial charge < -0.3 is 14.5 Å². The fraction of sp³-hybridized carbons (Fsp3) is 0.429. The van der Waals surface area contributed by atoms with E-state index in [-0.39, 0.29) is 11.9 Å². The van der Waals surface area contributed by atoms with Gasteiger partial charge >= 0.3 is 0 Å². The van der Waals surface area contributed by atoms with Crippen LogP contribution < -0.4 is 5.32 Å². The summed E-state index contributed by atoms with van der Waals surface area (Å²) in [5, 5.41) is 4.11. The molecular formula is C14H18FNO2. The predicted molar refractivity (Wildman–Crippen MR) is 69.1 cm³/mol. The van der Waals surface area contributed by atoms with Crippen LogP contribution in [0.3, 0.4) is 0 Å². The van der Waals surface area contributed by atoms with Crippen molar-refractivity contribution in [2.24, 2.45) is 0 Å². The summed E-state index contributed by atoms with van der Waals surface area (Å²) < 4.78 is 24.3. The van der Waals surface area contributed by atoms with Crippen molar-refractivity contribution in [2.45, 2.75) is 19.4 Å². The van der Waals surface area contributed by atoms with Crippen LogP contribution in [0.4, 0.5) is 4.39 Å². The maximum absolute atomic E-state index is 13.6. The lowest BCUT2D eigenvalue weighted by molar-refractivity contribution is 0.179. The van der Waals surface area contributed by atoms with Gasteiger partial charge in [-0.2, -0.15) is 0 Å². The summed E-state index contributed by atoms with van der Waals surface area (Å²) in [5.41, 5.74) is 0.327. The van der Waals surface area contributed by atoms with Crippen molar-refractivity contribution in [3.63, 3.8) is 0 Å². The smallest absolute Gasteiger partial charge is 0.169 e. The topological polar surface area (TPSA) is 34.4 Å². The Kier molecular flexibility index (Phi) is 4.33. The van der Waals surface area contributed by atoms with Crippen molar-refractivity contribution >= 4 is 11.0 Å². The van der Waals surface area contributed by atoms with E-state index in [9.17, 15) is 4.39 Å². The molecule has 1 N–H and O–H groups in total. The molecule has 0 fully saturated rings. The Bertz CT molecular complexity index is 509. The van der Waals surface area contributed by atoms with Gasteiger partial charge in [-0.3, -0.25) is 0 Å². The molecule has 0 radical (unpaired) electrons. The lowest BCUT2D eigenvalue weighted by Gasteiger charge is -2.14. The van der Waals surface area contributed by atoms with Gasteiger partial charge in [0.2, 0.25) is 0 Å². The Morgan fingerprint density at radius 2 is 2.28 bits per heavy atom. The van der Waals surface area contributed by atoms with Crippen LogP contribution in [0.25, 0.3) is 11.0 Å². The summed E-state index contributed by atoms with van der Waals surface area (Å²) >= 11 is 0. The first-order valence-electron chi connectivity index (χ1n) is 6.16. The average molecular weight is 251 g/mol. The molecule has 0 spiro atoms. The van der Waals surface area contributed by atoms with Gasteiger partial charge in [0, 0.05) is 19.1 Å². The molecular weight excluding hydrogens is 233 g/mol. The van der Waals surface area contributed by atoms with Crippen molar-refractivity contribution in [1.29, 1.82) is 0 Å². The summed E-state index contributed by atoms with van der Waals surface area (Å²) in [6, 6.07) is 6.90. The molecule has 1 aromatic heterocycles. The molecule has 1 atom stereocenters. The van der Waals surface area contributed by atoms with Crippen LogP contribution in [0.1, 0.15) is 25.1 Å². The van der Waals surface area contributed by atoms with Gasteiger partial charge in [-0.1, -0.05) is 19.1 Å². The van der Waals surface area contributed by atoms with Crippen molar-refractivity contribution in [3.8, 4) is 0 Å². The molecule has 0 aliphatic heterocycles. The fourth-order valence-electron chi connectivity index (χ4n) is 2.05. The summed E-state index contributed by atoms with van der Waals surface area (Å²) in [6.45, 7) is 3.49. The molecule has 1 aromatic carbocycles. The van der Waals surface area contributed by atoms with E-state index in [0.717, 1.165) is 24.1 Å². The minimum absolute atomic E-state index is 0.0572. The van der Waals surface area contributed by atoms with Crippen LogP contribution >= 0.6 is 0 Å². The van der Waals surface area contributed by atoms with E-state index in [1.807, 2.05) is 19.1 Å². The van der Waals surface area contributed by atoms with Crippen LogP contribution in [0.2, 0.25) is 0 Å². The second kappa shape index (κ2) is 5.98. The third-order valence-corrected chi connectivity index (χ3v) is 2.92. The van der Waals surface area contributed by atoms with E-state index in [4.69, 9.17) is 9.15 Å². The minimum atomic E-state index is -0.319. The zero-order valence-electron chi connectivity index (χ0n) is 10.7. The second-order valence-corrected chi connectivity index (χ2v) is 4.20. The standard InChI is InChI=1S/C14H18FNO2/c1-3-16-12(7-8-17-2)13-9-10-5-4-6-11(15)14(10)18-13/h4-6,9,12,16H,3,7-8H2,1-2H3. The Balaban J connectivity index is 2.29. The van der Waals surface area contributed by atoms with Gasteiger partial charge in [-0.05, 0) is 25.1 Å². The summed E-state index contributed by atoms with van der Waals surface area (Å²) in [7, 11) is 1.67. The Morgan fingerprint density at radius 3 is 2.94 bits per heavy atom. The van der Waals surface area contributed by atoms with Gasteiger partial charge in [0.15, 0.2) is 11.4 Å². The van der Waals surface area contributed by atoms with Gasteiger partial charge in [0.05, 0.1) is 6.04 Å². The van der Waals surface area contributed by atoms with Crippen LogP contribution in [0, 0.1) is 5.82 Å². The van der Waals surface area contributed by atoms with Crippen LogP contribution in [-0.4, -0.2) is 20.3 Å². The largest absolute Gasteiger partial charge is 0.456 e. The van der Waals surface area contributed by atoms with Crippen molar-refractivity contribution in [2.75, 3.05) is 20.3 Å². The number of nitrogens with one attached hydrogen (secondary N) is 1. The highest BCUT2D eigenvalue weighted by Crippen LogP contribution is 2.27. The molecule has 18 heavy (non-hydrogen) atoms. The molecule has 2 aromatic rings. The van der Waals surface area contributed by atoms with Crippen molar-refractivity contribution < 1.29 is 13.5 Å². The first-order valence-corrected chi connectivity index (χ1v) is 6.16. The summed E-state index contributed by atoms with van der Waals surface area (Å²) in [6.07, 6.45) is 0.797. The predicted octanol–water partition coefficient (Wildman–Crippen LogP) is 3.26. The third-order valence-electron chi connectivity index (χ3n) is 2.92. The molecule has 1 heterocycles. The number of fused-ring (bicyclic) bond motifs is 1. The molecule has 0 saturated heterocycles. The average Bonchev–Trinajstić information content (AvgIpc) is 2.80. The van der Waals surface area contributed by atoms with E-state index < -0.39 is 0 Å². The monoisotopic (exact) mass is 251 g/mol. The van der Waals surface area contributed by atoms with Gasteiger partial charge in [0.25, 0.3) is 0 Å². The number of halogens is 1. The maximum Gasteiger partial charge on any atom is 0.169 e. The van der Waals surface area contributed by atoms with Crippen LogP contribution in [0.15, 0.2) is 28.7 Å². The van der Waals surface area contributed by atoms with E-state index in [0.29, 0.717) is 12.2 Å². The van der Waals surface area contributed by atoms with E-state index in [1.165, 1.54) is 6.07 Å². The molecule has 0 bridgehead atoms. The number of methoxy groups -OCH3 is 1. The quantitative estimate of drug-likeness (QED) is 0.855. The van der Waals surface area contributed by atoms with Gasteiger partial charge in [0.1, 0.15) is 5.76 Å². The lowest BCUT2D eigenvalue weighted by atomic mass is 10.1. The molecule has 2 rings (SSSR count). The Labute approximate surface area is 106 Å². The molecule has 98 valence electrons. The lowest BCUT2D eigenvalue weighted by Crippen LogP contribution is -2.21. The molecule has 4 heteroatoms. The number of hydrogen-bond acceptors (Lipinski definition) is 3. The van der Waals surface area contributed by atoms with E-state index in [2.05, 4.69) is 5.32 Å². The third kappa shape index (κ3) is 2.71. The van der Waals surface area contributed by atoms with Crippen LogP contribution in [0.5, 0.6) is 0 Å². The molecule has 0 aliphatic carbocycles. The normalized spacial score (nSPS) is 13.1.